The van der Waals surface area contributed by atoms with E-state index < -0.39 is 0 Å². The summed E-state index contributed by atoms with van der Waals surface area (Å²) in [5.41, 5.74) is 3.03. The van der Waals surface area contributed by atoms with Crippen LogP contribution >= 0.6 is 27.7 Å². The number of anilines is 1. The Balaban J connectivity index is 2.07. The SMILES string of the molecule is CSc1ccc(CNc2cc(F)c(Br)cc2C)cc1. The van der Waals surface area contributed by atoms with Gasteiger partial charge < -0.3 is 5.32 Å². The van der Waals surface area contributed by atoms with E-state index in [0.29, 0.717) is 11.0 Å². The Bertz CT molecular complexity index is 569. The van der Waals surface area contributed by atoms with E-state index in [-0.39, 0.29) is 5.82 Å². The van der Waals surface area contributed by atoms with Crippen molar-refractivity contribution in [3.63, 3.8) is 0 Å². The normalized spacial score (nSPS) is 10.5. The fraction of sp³-hybridized carbons (Fsp3) is 0.200. The molecular weight excluding hydrogens is 325 g/mol. The molecule has 0 unspecified atom stereocenters. The van der Waals surface area contributed by atoms with Crippen LogP contribution in [0.5, 0.6) is 0 Å². The van der Waals surface area contributed by atoms with Crippen LogP contribution in [0, 0.1) is 12.7 Å². The number of aryl methyl sites for hydroxylation is 1. The molecule has 0 amide bonds. The first-order chi connectivity index (χ1) is 9.10. The lowest BCUT2D eigenvalue weighted by molar-refractivity contribution is 0.621. The molecule has 2 aromatic carbocycles. The zero-order valence-corrected chi connectivity index (χ0v) is 13.2. The van der Waals surface area contributed by atoms with Crippen LogP contribution in [0.4, 0.5) is 10.1 Å². The highest BCUT2D eigenvalue weighted by molar-refractivity contribution is 9.10. The van der Waals surface area contributed by atoms with Gasteiger partial charge in [-0.3, -0.25) is 0 Å². The molecule has 0 aliphatic rings. The number of benzene rings is 2. The van der Waals surface area contributed by atoms with E-state index in [9.17, 15) is 4.39 Å². The summed E-state index contributed by atoms with van der Waals surface area (Å²) in [6, 6.07) is 11.7. The third-order valence-electron chi connectivity index (χ3n) is 2.91. The van der Waals surface area contributed by atoms with Gasteiger partial charge in [0.05, 0.1) is 4.47 Å². The van der Waals surface area contributed by atoms with E-state index in [4.69, 9.17) is 0 Å². The molecule has 2 aromatic rings. The lowest BCUT2D eigenvalue weighted by Crippen LogP contribution is -2.01. The summed E-state index contributed by atoms with van der Waals surface area (Å²) in [6.45, 7) is 2.65. The molecule has 0 saturated carbocycles. The van der Waals surface area contributed by atoms with E-state index in [2.05, 4.69) is 51.8 Å². The van der Waals surface area contributed by atoms with Crippen molar-refractivity contribution in [3.8, 4) is 0 Å². The Hall–Kier alpha value is -1.00. The van der Waals surface area contributed by atoms with E-state index in [1.54, 1.807) is 17.8 Å². The highest BCUT2D eigenvalue weighted by atomic mass is 79.9. The van der Waals surface area contributed by atoms with Crippen molar-refractivity contribution in [1.82, 2.24) is 0 Å². The Morgan fingerprint density at radius 3 is 2.53 bits per heavy atom. The molecule has 2 rings (SSSR count). The summed E-state index contributed by atoms with van der Waals surface area (Å²) in [6.07, 6.45) is 2.06. The van der Waals surface area contributed by atoms with Gasteiger partial charge in [0.1, 0.15) is 5.82 Å². The molecule has 0 fully saturated rings. The number of nitrogens with one attached hydrogen (secondary N) is 1. The molecule has 1 N–H and O–H groups in total. The van der Waals surface area contributed by atoms with Gasteiger partial charge >= 0.3 is 0 Å². The third-order valence-corrected chi connectivity index (χ3v) is 4.26. The van der Waals surface area contributed by atoms with Crippen molar-refractivity contribution in [2.24, 2.45) is 0 Å². The van der Waals surface area contributed by atoms with Crippen molar-refractivity contribution >= 4 is 33.4 Å². The third kappa shape index (κ3) is 3.74. The van der Waals surface area contributed by atoms with Crippen LogP contribution in [-0.2, 0) is 6.54 Å². The van der Waals surface area contributed by atoms with Gasteiger partial charge in [0, 0.05) is 17.1 Å². The smallest absolute Gasteiger partial charge is 0.139 e. The molecule has 0 aromatic heterocycles. The van der Waals surface area contributed by atoms with Gasteiger partial charge in [-0.25, -0.2) is 4.39 Å². The van der Waals surface area contributed by atoms with Gasteiger partial charge in [0.25, 0.3) is 0 Å². The Morgan fingerprint density at radius 1 is 1.21 bits per heavy atom. The van der Waals surface area contributed by atoms with Crippen LogP contribution in [0.3, 0.4) is 0 Å². The first kappa shape index (κ1) is 14.4. The second-order valence-corrected chi connectivity index (χ2v) is 6.02. The number of hydrogen-bond donors (Lipinski definition) is 1. The first-order valence-corrected chi connectivity index (χ1v) is 7.94. The van der Waals surface area contributed by atoms with Gasteiger partial charge in [0.2, 0.25) is 0 Å². The van der Waals surface area contributed by atoms with Gasteiger partial charge in [-0.2, -0.15) is 0 Å². The average molecular weight is 340 g/mol. The number of rotatable bonds is 4. The van der Waals surface area contributed by atoms with Crippen molar-refractivity contribution in [2.45, 2.75) is 18.4 Å². The van der Waals surface area contributed by atoms with Crippen LogP contribution in [0.2, 0.25) is 0 Å². The minimum Gasteiger partial charge on any atom is -0.381 e. The van der Waals surface area contributed by atoms with Gasteiger partial charge in [-0.15, -0.1) is 11.8 Å². The van der Waals surface area contributed by atoms with Gasteiger partial charge in [-0.05, 0) is 64.5 Å². The lowest BCUT2D eigenvalue weighted by Gasteiger charge is -2.11. The van der Waals surface area contributed by atoms with Crippen LogP contribution in [0.1, 0.15) is 11.1 Å². The van der Waals surface area contributed by atoms with Gasteiger partial charge in [-0.1, -0.05) is 12.1 Å². The standard InChI is InChI=1S/C15H15BrFNS/c1-10-7-13(16)14(17)8-15(10)18-9-11-3-5-12(19-2)6-4-11/h3-8,18H,9H2,1-2H3. The quantitative estimate of drug-likeness (QED) is 0.765. The molecule has 0 radical (unpaired) electrons. The molecule has 100 valence electrons. The topological polar surface area (TPSA) is 12.0 Å². The molecule has 0 atom stereocenters. The second-order valence-electron chi connectivity index (χ2n) is 4.28. The Morgan fingerprint density at radius 2 is 1.89 bits per heavy atom. The zero-order chi connectivity index (χ0) is 13.8. The zero-order valence-electron chi connectivity index (χ0n) is 10.8. The molecule has 0 heterocycles. The summed E-state index contributed by atoms with van der Waals surface area (Å²) in [5, 5.41) is 3.27. The molecule has 0 spiro atoms. The fourth-order valence-electron chi connectivity index (χ4n) is 1.78. The molecule has 4 heteroatoms. The molecule has 19 heavy (non-hydrogen) atoms. The van der Waals surface area contributed by atoms with Crippen molar-refractivity contribution in [2.75, 3.05) is 11.6 Å². The van der Waals surface area contributed by atoms with Crippen LogP contribution < -0.4 is 5.32 Å². The number of thioether (sulfide) groups is 1. The van der Waals surface area contributed by atoms with E-state index in [1.807, 2.05) is 6.92 Å². The monoisotopic (exact) mass is 339 g/mol. The summed E-state index contributed by atoms with van der Waals surface area (Å²) >= 11 is 4.91. The highest BCUT2D eigenvalue weighted by Crippen LogP contribution is 2.24. The van der Waals surface area contributed by atoms with Crippen molar-refractivity contribution in [1.29, 1.82) is 0 Å². The van der Waals surface area contributed by atoms with E-state index in [1.165, 1.54) is 16.5 Å². The lowest BCUT2D eigenvalue weighted by atomic mass is 10.1. The molecule has 0 aliphatic heterocycles. The second kappa shape index (κ2) is 6.44. The average Bonchev–Trinajstić information content (AvgIpc) is 2.42. The highest BCUT2D eigenvalue weighted by Gasteiger charge is 2.05. The van der Waals surface area contributed by atoms with Crippen LogP contribution in [-0.4, -0.2) is 6.26 Å². The van der Waals surface area contributed by atoms with E-state index >= 15 is 0 Å². The summed E-state index contributed by atoms with van der Waals surface area (Å²) in [4.78, 5) is 1.25. The predicted octanol–water partition coefficient (Wildman–Crippen LogP) is 5.23. The molecule has 0 bridgehead atoms. The number of hydrogen-bond acceptors (Lipinski definition) is 2. The minimum atomic E-state index is -0.245. The summed E-state index contributed by atoms with van der Waals surface area (Å²) in [5.74, 6) is -0.245. The fourth-order valence-corrected chi connectivity index (χ4v) is 2.64. The maximum atomic E-state index is 13.5. The minimum absolute atomic E-state index is 0.245. The Kier molecular flexibility index (Phi) is 4.88. The van der Waals surface area contributed by atoms with Crippen LogP contribution in [0.15, 0.2) is 45.8 Å². The Labute approximate surface area is 125 Å². The van der Waals surface area contributed by atoms with Crippen LogP contribution in [0.25, 0.3) is 0 Å². The van der Waals surface area contributed by atoms with Crippen molar-refractivity contribution in [3.05, 3.63) is 57.8 Å². The molecular formula is C15H15BrFNS. The maximum absolute atomic E-state index is 13.5. The van der Waals surface area contributed by atoms with E-state index in [0.717, 1.165) is 11.3 Å². The number of halogens is 2. The largest absolute Gasteiger partial charge is 0.381 e. The molecule has 0 saturated heterocycles. The summed E-state index contributed by atoms with van der Waals surface area (Å²) in [7, 11) is 0. The molecule has 1 nitrogen and oxygen atoms in total. The first-order valence-electron chi connectivity index (χ1n) is 5.92. The maximum Gasteiger partial charge on any atom is 0.139 e. The van der Waals surface area contributed by atoms with Gasteiger partial charge in [0.15, 0.2) is 0 Å². The summed E-state index contributed by atoms with van der Waals surface area (Å²) < 4.78 is 14.0. The van der Waals surface area contributed by atoms with Crippen molar-refractivity contribution < 1.29 is 4.39 Å². The predicted molar refractivity (Wildman–Crippen MR) is 84.4 cm³/mol. The molecule has 0 aliphatic carbocycles.